The molecule has 0 aliphatic rings. The van der Waals surface area contributed by atoms with Crippen LogP contribution in [0.4, 0.5) is 5.69 Å². The van der Waals surface area contributed by atoms with Crippen molar-refractivity contribution in [2.45, 2.75) is 13.0 Å². The third-order valence-corrected chi connectivity index (χ3v) is 4.33. The number of methoxy groups -OCH3 is 1. The van der Waals surface area contributed by atoms with Crippen LogP contribution in [0, 0.1) is 0 Å². The molecule has 0 aliphatic heterocycles. The zero-order valence-electron chi connectivity index (χ0n) is 15.8. The maximum atomic E-state index is 5.45. The predicted octanol–water partition coefficient (Wildman–Crippen LogP) is 2.27. The molecule has 0 unspecified atom stereocenters. The standard InChI is InChI=1S/C20H27N3O2S/c1-5-25-17-11-9-16(10-12-17)22-20(26)21-14-19(23(2)3)15-7-6-8-18(13-15)24-4/h6-13,19H,5,14H2,1-4H3,(H2,21,22,26)/p+1/t19-/m1/s1. The number of hydrogen-bond donors (Lipinski definition) is 3. The minimum Gasteiger partial charge on any atom is -0.497 e. The van der Waals surface area contributed by atoms with Gasteiger partial charge in [0.05, 0.1) is 34.4 Å². The van der Waals surface area contributed by atoms with Crippen molar-refractivity contribution in [2.24, 2.45) is 0 Å². The van der Waals surface area contributed by atoms with Crippen LogP contribution in [-0.4, -0.2) is 39.5 Å². The van der Waals surface area contributed by atoms with E-state index >= 15 is 0 Å². The highest BCUT2D eigenvalue weighted by molar-refractivity contribution is 7.80. The van der Waals surface area contributed by atoms with Crippen LogP contribution in [0.1, 0.15) is 18.5 Å². The first-order valence-corrected chi connectivity index (χ1v) is 9.16. The lowest BCUT2D eigenvalue weighted by Crippen LogP contribution is -3.07. The largest absolute Gasteiger partial charge is 0.497 e. The molecule has 0 aromatic heterocycles. The summed E-state index contributed by atoms with van der Waals surface area (Å²) in [6.45, 7) is 3.35. The molecule has 6 heteroatoms. The van der Waals surface area contributed by atoms with Crippen LogP contribution in [0.25, 0.3) is 0 Å². The first kappa shape index (κ1) is 20.0. The quantitative estimate of drug-likeness (QED) is 0.619. The SMILES string of the molecule is CCOc1ccc(NC(=S)NC[C@H](c2cccc(OC)c2)[NH+](C)C)cc1. The van der Waals surface area contributed by atoms with Gasteiger partial charge in [0.2, 0.25) is 0 Å². The highest BCUT2D eigenvalue weighted by atomic mass is 32.1. The van der Waals surface area contributed by atoms with E-state index in [0.29, 0.717) is 11.7 Å². The van der Waals surface area contributed by atoms with Gasteiger partial charge in [0.15, 0.2) is 5.11 Å². The third-order valence-electron chi connectivity index (χ3n) is 4.08. The minimum absolute atomic E-state index is 0.255. The zero-order chi connectivity index (χ0) is 18.9. The number of benzene rings is 2. The smallest absolute Gasteiger partial charge is 0.171 e. The van der Waals surface area contributed by atoms with Crippen molar-refractivity contribution >= 4 is 23.0 Å². The summed E-state index contributed by atoms with van der Waals surface area (Å²) in [5.74, 6) is 1.72. The number of anilines is 1. The lowest BCUT2D eigenvalue weighted by Gasteiger charge is -2.23. The molecule has 1 atom stereocenters. The van der Waals surface area contributed by atoms with E-state index in [1.165, 1.54) is 10.5 Å². The first-order chi connectivity index (χ1) is 12.5. The Balaban J connectivity index is 1.94. The van der Waals surface area contributed by atoms with Gasteiger partial charge < -0.3 is 25.0 Å². The molecular formula is C20H28N3O2S+. The molecule has 0 saturated heterocycles. The number of ether oxygens (including phenoxy) is 2. The van der Waals surface area contributed by atoms with Crippen LogP contribution < -0.4 is 25.0 Å². The van der Waals surface area contributed by atoms with Crippen LogP contribution in [0.5, 0.6) is 11.5 Å². The van der Waals surface area contributed by atoms with Gasteiger partial charge in [-0.2, -0.15) is 0 Å². The topological polar surface area (TPSA) is 47.0 Å². The van der Waals surface area contributed by atoms with E-state index < -0.39 is 0 Å². The van der Waals surface area contributed by atoms with Crippen molar-refractivity contribution in [3.63, 3.8) is 0 Å². The number of likely N-dealkylation sites (N-methyl/N-ethyl adjacent to an activating group) is 1. The molecule has 26 heavy (non-hydrogen) atoms. The summed E-state index contributed by atoms with van der Waals surface area (Å²) in [5, 5.41) is 7.13. The monoisotopic (exact) mass is 374 g/mol. The van der Waals surface area contributed by atoms with Crippen molar-refractivity contribution in [1.29, 1.82) is 0 Å². The number of quaternary nitrogens is 1. The predicted molar refractivity (Wildman–Crippen MR) is 110 cm³/mol. The van der Waals surface area contributed by atoms with E-state index in [2.05, 4.69) is 36.9 Å². The van der Waals surface area contributed by atoms with E-state index in [0.717, 1.165) is 23.7 Å². The Labute approximate surface area is 161 Å². The Bertz CT molecular complexity index is 704. The maximum absolute atomic E-state index is 5.45. The van der Waals surface area contributed by atoms with Gasteiger partial charge in [-0.1, -0.05) is 12.1 Å². The zero-order valence-corrected chi connectivity index (χ0v) is 16.7. The van der Waals surface area contributed by atoms with Gasteiger partial charge in [0.25, 0.3) is 0 Å². The van der Waals surface area contributed by atoms with Gasteiger partial charge >= 0.3 is 0 Å². The average molecular weight is 375 g/mol. The summed E-state index contributed by atoms with van der Waals surface area (Å²) in [6, 6.07) is 16.2. The lowest BCUT2D eigenvalue weighted by molar-refractivity contribution is -0.890. The molecule has 2 aromatic carbocycles. The van der Waals surface area contributed by atoms with Gasteiger partial charge in [-0.25, -0.2) is 0 Å². The molecule has 0 amide bonds. The molecule has 0 fully saturated rings. The fourth-order valence-corrected chi connectivity index (χ4v) is 2.89. The van der Waals surface area contributed by atoms with E-state index in [9.17, 15) is 0 Å². The molecule has 0 aliphatic carbocycles. The van der Waals surface area contributed by atoms with Gasteiger partial charge in [0.1, 0.15) is 17.5 Å². The second kappa shape index (κ2) is 9.99. The summed E-state index contributed by atoms with van der Waals surface area (Å²) in [5.41, 5.74) is 2.14. The van der Waals surface area contributed by atoms with Crippen LogP contribution in [0.2, 0.25) is 0 Å². The highest BCUT2D eigenvalue weighted by Crippen LogP contribution is 2.17. The number of nitrogens with one attached hydrogen (secondary N) is 3. The van der Waals surface area contributed by atoms with Crippen LogP contribution in [-0.2, 0) is 0 Å². The summed E-state index contributed by atoms with van der Waals surface area (Å²) < 4.78 is 10.8. The molecule has 2 aromatic rings. The summed E-state index contributed by atoms with van der Waals surface area (Å²) in [7, 11) is 5.95. The Morgan fingerprint density at radius 3 is 2.46 bits per heavy atom. The summed E-state index contributed by atoms with van der Waals surface area (Å²) in [6.07, 6.45) is 0. The average Bonchev–Trinajstić information content (AvgIpc) is 2.63. The third kappa shape index (κ3) is 5.89. The summed E-state index contributed by atoms with van der Waals surface area (Å²) in [4.78, 5) is 1.31. The molecular weight excluding hydrogens is 346 g/mol. The van der Waals surface area contributed by atoms with Gasteiger partial charge in [0, 0.05) is 11.3 Å². The number of rotatable bonds is 8. The second-order valence-corrected chi connectivity index (χ2v) is 6.61. The van der Waals surface area contributed by atoms with E-state index in [4.69, 9.17) is 21.7 Å². The van der Waals surface area contributed by atoms with Gasteiger partial charge in [-0.15, -0.1) is 0 Å². The molecule has 2 rings (SSSR count). The van der Waals surface area contributed by atoms with Crippen LogP contribution in [0.3, 0.4) is 0 Å². The summed E-state index contributed by atoms with van der Waals surface area (Å²) >= 11 is 5.44. The Hall–Kier alpha value is -2.31. The fourth-order valence-electron chi connectivity index (χ4n) is 2.68. The molecule has 5 nitrogen and oxygen atoms in total. The molecule has 0 heterocycles. The van der Waals surface area contributed by atoms with Crippen molar-refractivity contribution < 1.29 is 14.4 Å². The van der Waals surface area contributed by atoms with Crippen molar-refractivity contribution in [2.75, 3.05) is 39.7 Å². The van der Waals surface area contributed by atoms with Crippen LogP contribution in [0.15, 0.2) is 48.5 Å². The number of thiocarbonyl (C=S) groups is 1. The van der Waals surface area contributed by atoms with Gasteiger partial charge in [-0.05, 0) is 55.5 Å². The molecule has 0 spiro atoms. The molecule has 0 saturated carbocycles. The number of hydrogen-bond acceptors (Lipinski definition) is 3. The van der Waals surface area contributed by atoms with Crippen molar-refractivity contribution in [1.82, 2.24) is 5.32 Å². The normalized spacial score (nSPS) is 11.7. The van der Waals surface area contributed by atoms with E-state index in [1.54, 1.807) is 7.11 Å². The molecule has 140 valence electrons. The lowest BCUT2D eigenvalue weighted by atomic mass is 10.1. The van der Waals surface area contributed by atoms with Crippen molar-refractivity contribution in [3.05, 3.63) is 54.1 Å². The minimum atomic E-state index is 0.255. The van der Waals surface area contributed by atoms with E-state index in [1.807, 2.05) is 43.3 Å². The maximum Gasteiger partial charge on any atom is 0.171 e. The Morgan fingerprint density at radius 2 is 1.85 bits per heavy atom. The Morgan fingerprint density at radius 1 is 1.12 bits per heavy atom. The Kier molecular flexibility index (Phi) is 7.69. The van der Waals surface area contributed by atoms with Crippen molar-refractivity contribution in [3.8, 4) is 11.5 Å². The first-order valence-electron chi connectivity index (χ1n) is 8.75. The molecule has 3 N–H and O–H groups in total. The molecule has 0 bridgehead atoms. The second-order valence-electron chi connectivity index (χ2n) is 6.20. The van der Waals surface area contributed by atoms with Gasteiger partial charge in [-0.3, -0.25) is 0 Å². The fraction of sp³-hybridized carbons (Fsp3) is 0.350. The molecule has 0 radical (unpaired) electrons. The van der Waals surface area contributed by atoms with Crippen LogP contribution >= 0.6 is 12.2 Å². The highest BCUT2D eigenvalue weighted by Gasteiger charge is 2.18. The van der Waals surface area contributed by atoms with E-state index in [-0.39, 0.29) is 6.04 Å².